The van der Waals surface area contributed by atoms with E-state index in [1.807, 2.05) is 0 Å². The van der Waals surface area contributed by atoms with E-state index in [1.54, 1.807) is 30.3 Å². The maximum atomic E-state index is 14.6. The number of esters is 1. The lowest BCUT2D eigenvalue weighted by Gasteiger charge is -2.21. The lowest BCUT2D eigenvalue weighted by atomic mass is 9.98. The first kappa shape index (κ1) is 28.5. The van der Waals surface area contributed by atoms with Crippen LogP contribution in [0.25, 0.3) is 28.0 Å². The van der Waals surface area contributed by atoms with Gasteiger partial charge in [-0.25, -0.2) is 19.4 Å². The third-order valence-corrected chi connectivity index (χ3v) is 7.46. The van der Waals surface area contributed by atoms with Gasteiger partial charge in [-0.15, -0.1) is 0 Å². The molecule has 44 heavy (non-hydrogen) atoms. The Morgan fingerprint density at radius 1 is 1.05 bits per heavy atom. The summed E-state index contributed by atoms with van der Waals surface area (Å²) in [7, 11) is 1.36. The molecule has 1 aliphatic carbocycles. The number of nitro groups is 1. The normalized spacial score (nSPS) is 13.5. The van der Waals surface area contributed by atoms with Crippen LogP contribution in [0.4, 0.5) is 15.9 Å². The summed E-state index contributed by atoms with van der Waals surface area (Å²) in [6.07, 6.45) is 5.68. The van der Waals surface area contributed by atoms with Crippen molar-refractivity contribution in [3.8, 4) is 34.2 Å². The Morgan fingerprint density at radius 2 is 1.80 bits per heavy atom. The molecular weight excluding hydrogens is 571 g/mol. The van der Waals surface area contributed by atoms with Crippen LogP contribution in [0.5, 0.6) is 17.2 Å². The zero-order chi connectivity index (χ0) is 30.8. The molecule has 2 aromatic heterocycles. The number of nitro benzene ring substituents is 1. The molecule has 5 aromatic rings. The van der Waals surface area contributed by atoms with E-state index >= 15 is 0 Å². The minimum absolute atomic E-state index is 0.0101. The van der Waals surface area contributed by atoms with Gasteiger partial charge in [-0.05, 0) is 74.2 Å². The number of carbonyl (C=O) groups is 1. The number of aromatic nitrogens is 4. The third kappa shape index (κ3) is 5.46. The summed E-state index contributed by atoms with van der Waals surface area (Å²) in [6, 6.07) is 15.1. The second-order valence-electron chi connectivity index (χ2n) is 10.2. The number of methoxy groups -OCH3 is 1. The first-order valence-electron chi connectivity index (χ1n) is 13.9. The van der Waals surface area contributed by atoms with Crippen LogP contribution in [0.2, 0.25) is 0 Å². The van der Waals surface area contributed by atoms with Gasteiger partial charge in [0.2, 0.25) is 5.82 Å². The Labute approximate surface area is 250 Å². The Balaban J connectivity index is 1.39. The predicted molar refractivity (Wildman–Crippen MR) is 158 cm³/mol. The highest BCUT2D eigenvalue weighted by molar-refractivity contribution is 5.99. The SMILES string of the molecule is COc1cccc(Oc2ccc(-c3nn(-c4cc(C(=O)OC5CCCCC5)ccc4[N+](=O)[O-])c4ncnc(N)c34)cc2)c1F. The fraction of sp³-hybridized carbons (Fsp3) is 0.226. The van der Waals surface area contributed by atoms with E-state index in [4.69, 9.17) is 19.9 Å². The van der Waals surface area contributed by atoms with E-state index in [-0.39, 0.29) is 46.0 Å². The summed E-state index contributed by atoms with van der Waals surface area (Å²) in [5, 5.41) is 17.1. The average Bonchev–Trinajstić information content (AvgIpc) is 3.43. The van der Waals surface area contributed by atoms with Crippen molar-refractivity contribution in [2.45, 2.75) is 38.2 Å². The molecule has 0 bridgehead atoms. The zero-order valence-electron chi connectivity index (χ0n) is 23.6. The van der Waals surface area contributed by atoms with Gasteiger partial charge in [-0.1, -0.05) is 12.5 Å². The van der Waals surface area contributed by atoms with E-state index in [1.165, 1.54) is 48.5 Å². The van der Waals surface area contributed by atoms with Crippen LogP contribution >= 0.6 is 0 Å². The average molecular weight is 599 g/mol. The van der Waals surface area contributed by atoms with Crippen molar-refractivity contribution >= 4 is 28.5 Å². The Bertz CT molecular complexity index is 1870. The smallest absolute Gasteiger partial charge is 0.338 e. The van der Waals surface area contributed by atoms with Crippen molar-refractivity contribution in [3.05, 3.63) is 88.5 Å². The molecule has 0 amide bonds. The molecule has 0 atom stereocenters. The maximum absolute atomic E-state index is 14.6. The first-order valence-corrected chi connectivity index (χ1v) is 13.9. The summed E-state index contributed by atoms with van der Waals surface area (Å²) < 4.78 is 32.3. The highest BCUT2D eigenvalue weighted by atomic mass is 19.1. The quantitative estimate of drug-likeness (QED) is 0.120. The van der Waals surface area contributed by atoms with Gasteiger partial charge >= 0.3 is 5.97 Å². The van der Waals surface area contributed by atoms with Crippen molar-refractivity contribution in [1.82, 2.24) is 19.7 Å². The molecule has 0 aliphatic heterocycles. The first-order chi connectivity index (χ1) is 21.3. The van der Waals surface area contributed by atoms with E-state index in [0.29, 0.717) is 22.4 Å². The van der Waals surface area contributed by atoms with Crippen molar-refractivity contribution in [3.63, 3.8) is 0 Å². The van der Waals surface area contributed by atoms with Gasteiger partial charge in [0, 0.05) is 11.6 Å². The molecule has 3 aromatic carbocycles. The van der Waals surface area contributed by atoms with Crippen LogP contribution in [-0.4, -0.2) is 43.9 Å². The molecule has 2 N–H and O–H groups in total. The fourth-order valence-electron chi connectivity index (χ4n) is 5.26. The molecule has 0 spiro atoms. The fourth-order valence-corrected chi connectivity index (χ4v) is 5.26. The Kier molecular flexibility index (Phi) is 7.75. The molecule has 6 rings (SSSR count). The Hall–Kier alpha value is -5.59. The number of anilines is 1. The van der Waals surface area contributed by atoms with E-state index in [0.717, 1.165) is 32.1 Å². The number of hydrogen-bond donors (Lipinski definition) is 1. The van der Waals surface area contributed by atoms with Crippen LogP contribution in [0, 0.1) is 15.9 Å². The van der Waals surface area contributed by atoms with Gasteiger partial charge in [-0.3, -0.25) is 10.1 Å². The maximum Gasteiger partial charge on any atom is 0.338 e. The van der Waals surface area contributed by atoms with Crippen LogP contribution in [0.3, 0.4) is 0 Å². The molecule has 0 radical (unpaired) electrons. The molecule has 1 aliphatic rings. The minimum atomic E-state index is -0.639. The third-order valence-electron chi connectivity index (χ3n) is 7.46. The van der Waals surface area contributed by atoms with Gasteiger partial charge in [0.1, 0.15) is 35.4 Å². The number of fused-ring (bicyclic) bond motifs is 1. The van der Waals surface area contributed by atoms with Crippen LogP contribution < -0.4 is 15.2 Å². The molecule has 13 heteroatoms. The second kappa shape index (κ2) is 12.0. The van der Waals surface area contributed by atoms with Crippen LogP contribution in [0.15, 0.2) is 67.0 Å². The molecule has 0 saturated heterocycles. The molecule has 2 heterocycles. The summed E-state index contributed by atoms with van der Waals surface area (Å²) in [5.41, 5.74) is 7.21. The van der Waals surface area contributed by atoms with Gasteiger partial charge < -0.3 is 19.9 Å². The molecular formula is C31H27FN6O6. The highest BCUT2D eigenvalue weighted by Crippen LogP contribution is 2.36. The van der Waals surface area contributed by atoms with Gasteiger partial charge in [0.05, 0.1) is 23.0 Å². The number of carbonyl (C=O) groups excluding carboxylic acids is 1. The topological polar surface area (TPSA) is 158 Å². The molecule has 12 nitrogen and oxygen atoms in total. The van der Waals surface area contributed by atoms with Gasteiger partial charge in [-0.2, -0.15) is 9.49 Å². The number of halogens is 1. The van der Waals surface area contributed by atoms with Crippen molar-refractivity contribution in [1.29, 1.82) is 0 Å². The molecule has 1 fully saturated rings. The molecule has 1 saturated carbocycles. The van der Waals surface area contributed by atoms with Crippen molar-refractivity contribution in [2.24, 2.45) is 0 Å². The van der Waals surface area contributed by atoms with E-state index < -0.39 is 16.7 Å². The highest BCUT2D eigenvalue weighted by Gasteiger charge is 2.26. The number of ether oxygens (including phenoxy) is 3. The molecule has 224 valence electrons. The molecule has 0 unspecified atom stereocenters. The number of benzene rings is 3. The number of nitrogens with two attached hydrogens (primary N) is 1. The van der Waals surface area contributed by atoms with Crippen LogP contribution in [0.1, 0.15) is 42.5 Å². The van der Waals surface area contributed by atoms with Gasteiger partial charge in [0.25, 0.3) is 5.69 Å². The summed E-state index contributed by atoms with van der Waals surface area (Å²) in [4.78, 5) is 33.0. The van der Waals surface area contributed by atoms with Crippen LogP contribution in [-0.2, 0) is 4.74 Å². The monoisotopic (exact) mass is 598 g/mol. The number of rotatable bonds is 8. The predicted octanol–water partition coefficient (Wildman–Crippen LogP) is 6.40. The number of nitrogens with zero attached hydrogens (tertiary/aromatic N) is 5. The second-order valence-corrected chi connectivity index (χ2v) is 10.2. The lowest BCUT2D eigenvalue weighted by molar-refractivity contribution is -0.384. The van der Waals surface area contributed by atoms with E-state index in [2.05, 4.69) is 15.1 Å². The van der Waals surface area contributed by atoms with Gasteiger partial charge in [0.15, 0.2) is 17.1 Å². The zero-order valence-corrected chi connectivity index (χ0v) is 23.6. The number of nitrogen functional groups attached to an aromatic ring is 1. The summed E-state index contributed by atoms with van der Waals surface area (Å²) >= 11 is 0. The lowest BCUT2D eigenvalue weighted by Crippen LogP contribution is -2.21. The van der Waals surface area contributed by atoms with E-state index in [9.17, 15) is 19.3 Å². The largest absolute Gasteiger partial charge is 0.494 e. The number of hydrogen-bond acceptors (Lipinski definition) is 10. The summed E-state index contributed by atoms with van der Waals surface area (Å²) in [5.74, 6) is -0.730. The minimum Gasteiger partial charge on any atom is -0.494 e. The standard InChI is InChI=1S/C31H27FN6O6/c1-42-24-8-5-9-25(27(24)32)43-21-13-10-18(11-14-21)28-26-29(33)34-17-35-30(26)37(36-28)23-16-19(12-15-22(23)38(40)41)31(39)44-20-6-3-2-4-7-20/h5,8-17,20H,2-4,6-7H2,1H3,(H2,33,34,35). The van der Waals surface area contributed by atoms with Crippen molar-refractivity contribution in [2.75, 3.05) is 12.8 Å². The summed E-state index contributed by atoms with van der Waals surface area (Å²) in [6.45, 7) is 0. The van der Waals surface area contributed by atoms with Crippen molar-refractivity contribution < 1.29 is 28.3 Å². The Morgan fingerprint density at radius 3 is 2.52 bits per heavy atom.